The van der Waals surface area contributed by atoms with Crippen LogP contribution in [0.5, 0.6) is 0 Å². The molecule has 1 aliphatic rings. The highest BCUT2D eigenvalue weighted by Gasteiger charge is 2.30. The average Bonchev–Trinajstić information content (AvgIpc) is 3.24. The van der Waals surface area contributed by atoms with Crippen LogP contribution < -0.4 is 5.32 Å². The van der Waals surface area contributed by atoms with Crippen molar-refractivity contribution in [1.82, 2.24) is 24.8 Å². The lowest BCUT2D eigenvalue weighted by molar-refractivity contribution is -0.134. The third kappa shape index (κ3) is 4.38. The van der Waals surface area contributed by atoms with E-state index < -0.39 is 0 Å². The molecule has 1 saturated heterocycles. The summed E-state index contributed by atoms with van der Waals surface area (Å²) >= 11 is 0. The summed E-state index contributed by atoms with van der Waals surface area (Å²) in [5.74, 6) is 1.64. The number of nitrogens with zero attached hydrogens (tertiary/aromatic N) is 4. The highest BCUT2D eigenvalue weighted by atomic mass is 16.2. The first kappa shape index (κ1) is 19.3. The number of pyridine rings is 1. The lowest BCUT2D eigenvalue weighted by atomic mass is 9.94. The standard InChI is InChI=1S/C23H27N5O/c1-24-21(19-5-3-2-4-6-19)23(29)27-14-9-20(10-15-27)22-26-13-16-28(22)17-18-7-11-25-12-8-18/h2-8,11-13,16,20-21,24H,9-10,14-15,17H2,1H3/t21-/m0/s1. The van der Waals surface area contributed by atoms with Crippen molar-refractivity contribution in [3.63, 3.8) is 0 Å². The summed E-state index contributed by atoms with van der Waals surface area (Å²) in [5, 5.41) is 3.18. The molecule has 1 fully saturated rings. The molecule has 1 N–H and O–H groups in total. The molecule has 6 heteroatoms. The van der Waals surface area contributed by atoms with Gasteiger partial charge in [0.25, 0.3) is 0 Å². The van der Waals surface area contributed by atoms with Crippen molar-refractivity contribution in [3.8, 4) is 0 Å². The molecule has 0 unspecified atom stereocenters. The minimum atomic E-state index is -0.290. The van der Waals surface area contributed by atoms with E-state index in [4.69, 9.17) is 0 Å². The molecule has 150 valence electrons. The van der Waals surface area contributed by atoms with Crippen LogP contribution in [0.4, 0.5) is 0 Å². The Balaban J connectivity index is 1.40. The molecule has 0 aliphatic carbocycles. The van der Waals surface area contributed by atoms with Crippen LogP contribution in [0.3, 0.4) is 0 Å². The van der Waals surface area contributed by atoms with E-state index in [0.29, 0.717) is 5.92 Å². The van der Waals surface area contributed by atoms with Crippen molar-refractivity contribution < 1.29 is 4.79 Å². The van der Waals surface area contributed by atoms with Gasteiger partial charge in [0, 0.05) is 50.3 Å². The molecule has 2 aromatic heterocycles. The van der Waals surface area contributed by atoms with Gasteiger partial charge in [0.15, 0.2) is 0 Å². The predicted molar refractivity (Wildman–Crippen MR) is 112 cm³/mol. The third-order valence-corrected chi connectivity index (χ3v) is 5.69. The van der Waals surface area contributed by atoms with Crippen molar-refractivity contribution >= 4 is 5.91 Å². The number of rotatable bonds is 6. The Labute approximate surface area is 171 Å². The van der Waals surface area contributed by atoms with Crippen molar-refractivity contribution in [2.75, 3.05) is 20.1 Å². The first-order valence-electron chi connectivity index (χ1n) is 10.2. The number of amides is 1. The molecular formula is C23H27N5O. The maximum atomic E-state index is 13.1. The van der Waals surface area contributed by atoms with Gasteiger partial charge in [0.1, 0.15) is 11.9 Å². The Morgan fingerprint density at radius 3 is 2.52 bits per heavy atom. The van der Waals surface area contributed by atoms with Crippen LogP contribution in [0, 0.1) is 0 Å². The quantitative estimate of drug-likeness (QED) is 0.704. The Bertz CT molecular complexity index is 917. The minimum absolute atomic E-state index is 0.150. The molecule has 0 bridgehead atoms. The fourth-order valence-electron chi connectivity index (χ4n) is 4.12. The number of hydrogen-bond donors (Lipinski definition) is 1. The molecule has 3 heterocycles. The number of nitrogens with one attached hydrogen (secondary N) is 1. The van der Waals surface area contributed by atoms with Crippen LogP contribution >= 0.6 is 0 Å². The Morgan fingerprint density at radius 1 is 1.10 bits per heavy atom. The molecule has 0 saturated carbocycles. The average molecular weight is 390 g/mol. The molecular weight excluding hydrogens is 362 g/mol. The van der Waals surface area contributed by atoms with E-state index in [9.17, 15) is 4.79 Å². The van der Waals surface area contributed by atoms with E-state index in [0.717, 1.165) is 43.9 Å². The Morgan fingerprint density at radius 2 is 1.83 bits per heavy atom. The van der Waals surface area contributed by atoms with Gasteiger partial charge in [-0.1, -0.05) is 30.3 Å². The van der Waals surface area contributed by atoms with Crippen molar-refractivity contribution in [2.45, 2.75) is 31.3 Å². The van der Waals surface area contributed by atoms with E-state index >= 15 is 0 Å². The summed E-state index contributed by atoms with van der Waals surface area (Å²) in [7, 11) is 1.85. The molecule has 4 rings (SSSR count). The van der Waals surface area contributed by atoms with Gasteiger partial charge in [-0.05, 0) is 43.1 Å². The molecule has 1 aromatic carbocycles. The van der Waals surface area contributed by atoms with Crippen LogP contribution in [-0.4, -0.2) is 45.5 Å². The van der Waals surface area contributed by atoms with E-state index in [1.165, 1.54) is 5.56 Å². The number of piperidine rings is 1. The number of hydrogen-bond acceptors (Lipinski definition) is 4. The zero-order chi connectivity index (χ0) is 20.1. The number of imidazole rings is 1. The summed E-state index contributed by atoms with van der Waals surface area (Å²) in [4.78, 5) is 23.8. The zero-order valence-corrected chi connectivity index (χ0v) is 16.7. The monoisotopic (exact) mass is 389 g/mol. The second-order valence-electron chi connectivity index (χ2n) is 7.50. The number of benzene rings is 1. The van der Waals surface area contributed by atoms with Gasteiger partial charge in [-0.15, -0.1) is 0 Å². The highest BCUT2D eigenvalue weighted by molar-refractivity contribution is 5.83. The van der Waals surface area contributed by atoms with E-state index in [1.807, 2.05) is 79.2 Å². The number of likely N-dealkylation sites (N-methyl/N-ethyl adjacent to an activating group) is 1. The third-order valence-electron chi connectivity index (χ3n) is 5.69. The SMILES string of the molecule is CN[C@H](C(=O)N1CCC(c2nccn2Cc2ccncc2)CC1)c1ccccc1. The van der Waals surface area contributed by atoms with Gasteiger partial charge in [0.05, 0.1) is 0 Å². The molecule has 1 aliphatic heterocycles. The highest BCUT2D eigenvalue weighted by Crippen LogP contribution is 2.29. The second-order valence-corrected chi connectivity index (χ2v) is 7.50. The molecule has 0 radical (unpaired) electrons. The summed E-state index contributed by atoms with van der Waals surface area (Å²) in [6.07, 6.45) is 9.43. The van der Waals surface area contributed by atoms with Gasteiger partial charge in [-0.25, -0.2) is 4.98 Å². The van der Waals surface area contributed by atoms with E-state index in [1.54, 1.807) is 0 Å². The molecule has 3 aromatic rings. The summed E-state index contributed by atoms with van der Waals surface area (Å²) < 4.78 is 2.22. The minimum Gasteiger partial charge on any atom is -0.341 e. The molecule has 6 nitrogen and oxygen atoms in total. The molecule has 1 amide bonds. The molecule has 29 heavy (non-hydrogen) atoms. The van der Waals surface area contributed by atoms with Crippen LogP contribution in [0.25, 0.3) is 0 Å². The number of aromatic nitrogens is 3. The van der Waals surface area contributed by atoms with Crippen molar-refractivity contribution in [3.05, 3.63) is 84.2 Å². The van der Waals surface area contributed by atoms with Gasteiger partial charge in [-0.2, -0.15) is 0 Å². The van der Waals surface area contributed by atoms with Gasteiger partial charge >= 0.3 is 0 Å². The van der Waals surface area contributed by atoms with Crippen molar-refractivity contribution in [2.24, 2.45) is 0 Å². The fraction of sp³-hybridized carbons (Fsp3) is 0.348. The van der Waals surface area contributed by atoms with Crippen LogP contribution in [0.15, 0.2) is 67.3 Å². The maximum Gasteiger partial charge on any atom is 0.244 e. The van der Waals surface area contributed by atoms with E-state index in [-0.39, 0.29) is 11.9 Å². The lowest BCUT2D eigenvalue weighted by Gasteiger charge is -2.34. The van der Waals surface area contributed by atoms with E-state index in [2.05, 4.69) is 19.9 Å². The number of likely N-dealkylation sites (tertiary alicyclic amines) is 1. The van der Waals surface area contributed by atoms with Gasteiger partial charge in [-0.3, -0.25) is 9.78 Å². The largest absolute Gasteiger partial charge is 0.341 e. The summed E-state index contributed by atoms with van der Waals surface area (Å²) in [6.45, 7) is 2.32. The summed E-state index contributed by atoms with van der Waals surface area (Å²) in [5.41, 5.74) is 2.22. The topological polar surface area (TPSA) is 63.1 Å². The van der Waals surface area contributed by atoms with Crippen LogP contribution in [-0.2, 0) is 11.3 Å². The van der Waals surface area contributed by atoms with Crippen LogP contribution in [0.2, 0.25) is 0 Å². The zero-order valence-electron chi connectivity index (χ0n) is 16.7. The van der Waals surface area contributed by atoms with Gasteiger partial charge < -0.3 is 14.8 Å². The molecule has 1 atom stereocenters. The van der Waals surface area contributed by atoms with Gasteiger partial charge in [0.2, 0.25) is 5.91 Å². The maximum absolute atomic E-state index is 13.1. The first-order chi connectivity index (χ1) is 14.3. The molecule has 0 spiro atoms. The Kier molecular flexibility index (Phi) is 6.00. The smallest absolute Gasteiger partial charge is 0.244 e. The fourth-order valence-corrected chi connectivity index (χ4v) is 4.12. The van der Waals surface area contributed by atoms with Crippen LogP contribution in [0.1, 0.15) is 41.8 Å². The normalized spacial score (nSPS) is 16.0. The van der Waals surface area contributed by atoms with Crippen molar-refractivity contribution in [1.29, 1.82) is 0 Å². The number of carbonyl (C=O) groups is 1. The lowest BCUT2D eigenvalue weighted by Crippen LogP contribution is -2.44. The number of carbonyl (C=O) groups excluding carboxylic acids is 1. The first-order valence-corrected chi connectivity index (χ1v) is 10.2. The predicted octanol–water partition coefficient (Wildman–Crippen LogP) is 2.99. The second kappa shape index (κ2) is 9.01. The Hall–Kier alpha value is -2.99. The summed E-state index contributed by atoms with van der Waals surface area (Å²) in [6, 6.07) is 13.7.